The highest BCUT2D eigenvalue weighted by atomic mass is 35.5. The molecule has 1 atom stereocenters. The van der Waals surface area contributed by atoms with Gasteiger partial charge in [0.15, 0.2) is 0 Å². The van der Waals surface area contributed by atoms with Gasteiger partial charge >= 0.3 is 12.0 Å². The van der Waals surface area contributed by atoms with Crippen LogP contribution in [0, 0.1) is 0 Å². The van der Waals surface area contributed by atoms with Crippen LogP contribution >= 0.6 is 35.0 Å². The zero-order valence-electron chi connectivity index (χ0n) is 10.6. The zero-order valence-corrected chi connectivity index (χ0v) is 12.9. The Kier molecular flexibility index (Phi) is 5.01. The van der Waals surface area contributed by atoms with E-state index < -0.39 is 12.0 Å². The number of urea groups is 1. The van der Waals surface area contributed by atoms with Gasteiger partial charge in [0.1, 0.15) is 6.04 Å². The first-order chi connectivity index (χ1) is 9.51. The summed E-state index contributed by atoms with van der Waals surface area (Å²) in [6, 6.07) is 3.79. The maximum Gasteiger partial charge on any atom is 0.329 e. The second-order valence-corrected chi connectivity index (χ2v) is 5.97. The van der Waals surface area contributed by atoms with Crippen LogP contribution in [-0.4, -0.2) is 41.7 Å². The molecular formula is C12H12Cl2N2O3S. The number of methoxy groups -OCH3 is 1. The van der Waals surface area contributed by atoms with E-state index in [4.69, 9.17) is 23.2 Å². The lowest BCUT2D eigenvalue weighted by atomic mass is 10.3. The highest BCUT2D eigenvalue weighted by Gasteiger charge is 2.35. The first-order valence-electron chi connectivity index (χ1n) is 5.70. The van der Waals surface area contributed by atoms with E-state index in [1.54, 1.807) is 18.2 Å². The average Bonchev–Trinajstić information content (AvgIpc) is 2.85. The Balaban J connectivity index is 2.09. The molecule has 1 aliphatic heterocycles. The molecule has 0 radical (unpaired) electrons. The van der Waals surface area contributed by atoms with Gasteiger partial charge in [0.2, 0.25) is 0 Å². The lowest BCUT2D eigenvalue weighted by molar-refractivity contribution is -0.144. The van der Waals surface area contributed by atoms with Crippen molar-refractivity contribution >= 4 is 52.7 Å². The molecule has 108 valence electrons. The van der Waals surface area contributed by atoms with Gasteiger partial charge in [0.25, 0.3) is 0 Å². The average molecular weight is 335 g/mol. The molecule has 8 heteroatoms. The molecule has 0 saturated carbocycles. The molecule has 1 aliphatic rings. The largest absolute Gasteiger partial charge is 0.467 e. The SMILES string of the molecule is COC(=O)C1CSCN1C(=O)Nc1cc(Cl)cc(Cl)c1. The lowest BCUT2D eigenvalue weighted by Gasteiger charge is -2.22. The Morgan fingerprint density at radius 2 is 2.00 bits per heavy atom. The fourth-order valence-electron chi connectivity index (χ4n) is 1.80. The van der Waals surface area contributed by atoms with Crippen LogP contribution in [0.5, 0.6) is 0 Å². The van der Waals surface area contributed by atoms with Crippen molar-refractivity contribution in [2.75, 3.05) is 24.1 Å². The fourth-order valence-corrected chi connectivity index (χ4v) is 3.46. The van der Waals surface area contributed by atoms with Crippen LogP contribution in [0.1, 0.15) is 0 Å². The number of benzene rings is 1. The molecular weight excluding hydrogens is 323 g/mol. The molecule has 1 aromatic carbocycles. The van der Waals surface area contributed by atoms with Crippen LogP contribution in [0.2, 0.25) is 10.0 Å². The summed E-state index contributed by atoms with van der Waals surface area (Å²) in [7, 11) is 1.30. The maximum atomic E-state index is 12.2. The third-order valence-corrected chi connectivity index (χ3v) is 4.18. The number of halogens is 2. The van der Waals surface area contributed by atoms with E-state index in [1.165, 1.54) is 23.8 Å². The summed E-state index contributed by atoms with van der Waals surface area (Å²) in [5.41, 5.74) is 0.480. The normalized spacial score (nSPS) is 17.9. The van der Waals surface area contributed by atoms with Gasteiger partial charge in [-0.2, -0.15) is 0 Å². The van der Waals surface area contributed by atoms with E-state index in [0.717, 1.165) is 0 Å². The van der Waals surface area contributed by atoms with Gasteiger partial charge < -0.3 is 15.0 Å². The summed E-state index contributed by atoms with van der Waals surface area (Å²) < 4.78 is 4.69. The first kappa shape index (κ1) is 15.3. The smallest absolute Gasteiger partial charge is 0.329 e. The van der Waals surface area contributed by atoms with Crippen molar-refractivity contribution in [3.63, 3.8) is 0 Å². The molecule has 0 aromatic heterocycles. The molecule has 1 heterocycles. The summed E-state index contributed by atoms with van der Waals surface area (Å²) >= 11 is 13.2. The van der Waals surface area contributed by atoms with E-state index in [2.05, 4.69) is 10.1 Å². The quantitative estimate of drug-likeness (QED) is 0.844. The molecule has 1 fully saturated rings. The maximum absolute atomic E-state index is 12.2. The molecule has 0 aliphatic carbocycles. The van der Waals surface area contributed by atoms with Crippen molar-refractivity contribution in [3.05, 3.63) is 28.2 Å². The summed E-state index contributed by atoms with van der Waals surface area (Å²) in [6.45, 7) is 0. The number of thioether (sulfide) groups is 1. The number of carbonyl (C=O) groups is 2. The molecule has 2 rings (SSSR count). The van der Waals surface area contributed by atoms with Crippen LogP contribution < -0.4 is 5.32 Å². The minimum atomic E-state index is -0.570. The predicted octanol–water partition coefficient (Wildman–Crippen LogP) is 3.07. The third-order valence-electron chi connectivity index (χ3n) is 2.73. The Hall–Kier alpha value is -1.11. The van der Waals surface area contributed by atoms with Crippen LogP contribution in [0.4, 0.5) is 10.5 Å². The fraction of sp³-hybridized carbons (Fsp3) is 0.333. The van der Waals surface area contributed by atoms with Crippen molar-refractivity contribution in [1.29, 1.82) is 0 Å². The van der Waals surface area contributed by atoms with Crippen molar-refractivity contribution in [2.24, 2.45) is 0 Å². The molecule has 0 bridgehead atoms. The number of amides is 2. The number of nitrogens with zero attached hydrogens (tertiary/aromatic N) is 1. The monoisotopic (exact) mass is 334 g/mol. The molecule has 5 nitrogen and oxygen atoms in total. The van der Waals surface area contributed by atoms with Gasteiger partial charge in [-0.05, 0) is 18.2 Å². The highest BCUT2D eigenvalue weighted by molar-refractivity contribution is 7.99. The number of esters is 1. The molecule has 20 heavy (non-hydrogen) atoms. The number of carbonyl (C=O) groups excluding carboxylic acids is 2. The summed E-state index contributed by atoms with van der Waals surface area (Å²) in [5.74, 6) is 0.533. The van der Waals surface area contributed by atoms with Crippen LogP contribution in [-0.2, 0) is 9.53 Å². The van der Waals surface area contributed by atoms with Crippen molar-refractivity contribution < 1.29 is 14.3 Å². The summed E-state index contributed by atoms with van der Waals surface area (Å²) in [5, 5.41) is 3.52. The predicted molar refractivity (Wildman–Crippen MR) is 80.4 cm³/mol. The van der Waals surface area contributed by atoms with Crippen LogP contribution in [0.15, 0.2) is 18.2 Å². The Morgan fingerprint density at radius 1 is 1.35 bits per heavy atom. The number of ether oxygens (including phenoxy) is 1. The van der Waals surface area contributed by atoms with Gasteiger partial charge in [-0.15, -0.1) is 11.8 Å². The molecule has 1 N–H and O–H groups in total. The van der Waals surface area contributed by atoms with Gasteiger partial charge in [-0.1, -0.05) is 23.2 Å². The van der Waals surface area contributed by atoms with Crippen molar-refractivity contribution in [2.45, 2.75) is 6.04 Å². The lowest BCUT2D eigenvalue weighted by Crippen LogP contribution is -2.44. The second kappa shape index (κ2) is 6.56. The van der Waals surface area contributed by atoms with Gasteiger partial charge in [-0.3, -0.25) is 0 Å². The van der Waals surface area contributed by atoms with E-state index in [9.17, 15) is 9.59 Å². The highest BCUT2D eigenvalue weighted by Crippen LogP contribution is 2.25. The van der Waals surface area contributed by atoms with E-state index in [1.807, 2.05) is 0 Å². The summed E-state index contributed by atoms with van der Waals surface area (Å²) in [6.07, 6.45) is 0. The van der Waals surface area contributed by atoms with Crippen molar-refractivity contribution in [3.8, 4) is 0 Å². The van der Waals surface area contributed by atoms with Gasteiger partial charge in [0.05, 0.1) is 13.0 Å². The van der Waals surface area contributed by atoms with Crippen LogP contribution in [0.25, 0.3) is 0 Å². The number of rotatable bonds is 2. The van der Waals surface area contributed by atoms with Gasteiger partial charge in [-0.25, -0.2) is 9.59 Å². The Morgan fingerprint density at radius 3 is 2.60 bits per heavy atom. The number of hydrogen-bond acceptors (Lipinski definition) is 4. The van der Waals surface area contributed by atoms with Crippen LogP contribution in [0.3, 0.4) is 0 Å². The third kappa shape index (κ3) is 3.50. The number of nitrogens with one attached hydrogen (secondary N) is 1. The molecule has 0 spiro atoms. The second-order valence-electron chi connectivity index (χ2n) is 4.10. The first-order valence-corrected chi connectivity index (χ1v) is 7.61. The zero-order chi connectivity index (χ0) is 14.7. The topological polar surface area (TPSA) is 58.6 Å². The van der Waals surface area contributed by atoms with E-state index >= 15 is 0 Å². The minimum Gasteiger partial charge on any atom is -0.467 e. The summed E-state index contributed by atoms with van der Waals surface area (Å²) in [4.78, 5) is 25.2. The van der Waals surface area contributed by atoms with E-state index in [0.29, 0.717) is 27.4 Å². The molecule has 1 saturated heterocycles. The Labute approximate surface area is 130 Å². The van der Waals surface area contributed by atoms with Gasteiger partial charge in [0, 0.05) is 21.5 Å². The molecule has 1 unspecified atom stereocenters. The Bertz CT molecular complexity index is 521. The number of anilines is 1. The number of hydrogen-bond donors (Lipinski definition) is 1. The molecule has 1 aromatic rings. The standard InChI is InChI=1S/C12H12Cl2N2O3S/c1-19-11(17)10-5-20-6-16(10)12(18)15-9-3-7(13)2-8(14)4-9/h2-4,10H,5-6H2,1H3,(H,15,18). The minimum absolute atomic E-state index is 0.385. The molecule has 2 amide bonds. The van der Waals surface area contributed by atoms with Crippen molar-refractivity contribution in [1.82, 2.24) is 4.90 Å². The van der Waals surface area contributed by atoms with E-state index in [-0.39, 0.29) is 6.03 Å².